The van der Waals surface area contributed by atoms with Gasteiger partial charge in [-0.1, -0.05) is 28.1 Å². The first-order valence-corrected chi connectivity index (χ1v) is 5.86. The van der Waals surface area contributed by atoms with Crippen molar-refractivity contribution in [3.63, 3.8) is 0 Å². The Morgan fingerprint density at radius 1 is 1.56 bits per heavy atom. The number of halogens is 1. The number of nitro benzene ring substituents is 1. The van der Waals surface area contributed by atoms with Crippen molar-refractivity contribution < 1.29 is 9.66 Å². The SMILES string of the molecule is COc1ccc([N+](=O)[O-])c(C=CCCBr)c1. The average molecular weight is 286 g/mol. The Morgan fingerprint density at radius 2 is 2.31 bits per heavy atom. The van der Waals surface area contributed by atoms with Gasteiger partial charge in [0.1, 0.15) is 5.75 Å². The minimum Gasteiger partial charge on any atom is -0.497 e. The Balaban J connectivity index is 3.05. The van der Waals surface area contributed by atoms with Gasteiger partial charge in [0.2, 0.25) is 0 Å². The number of methoxy groups -OCH3 is 1. The summed E-state index contributed by atoms with van der Waals surface area (Å²) in [5, 5.41) is 11.6. The summed E-state index contributed by atoms with van der Waals surface area (Å²) in [6.07, 6.45) is 4.45. The number of hydrogen-bond donors (Lipinski definition) is 0. The van der Waals surface area contributed by atoms with E-state index in [9.17, 15) is 10.1 Å². The number of hydrogen-bond acceptors (Lipinski definition) is 3. The fourth-order valence-electron chi connectivity index (χ4n) is 1.23. The van der Waals surface area contributed by atoms with Gasteiger partial charge in [0.25, 0.3) is 5.69 Å². The molecule has 0 radical (unpaired) electrons. The van der Waals surface area contributed by atoms with E-state index in [1.54, 1.807) is 18.2 Å². The summed E-state index contributed by atoms with van der Waals surface area (Å²) in [6, 6.07) is 4.69. The molecule has 0 saturated heterocycles. The number of alkyl halides is 1. The lowest BCUT2D eigenvalue weighted by Gasteiger charge is -2.02. The van der Waals surface area contributed by atoms with E-state index < -0.39 is 4.92 Å². The van der Waals surface area contributed by atoms with Gasteiger partial charge in [-0.15, -0.1) is 0 Å². The molecule has 0 bridgehead atoms. The Kier molecular flexibility index (Phi) is 4.98. The molecule has 0 aromatic heterocycles. The minimum absolute atomic E-state index is 0.0895. The monoisotopic (exact) mass is 285 g/mol. The van der Waals surface area contributed by atoms with Crippen LogP contribution in [0.4, 0.5) is 5.69 Å². The van der Waals surface area contributed by atoms with Crippen LogP contribution in [0.15, 0.2) is 24.3 Å². The molecule has 1 aromatic carbocycles. The molecule has 16 heavy (non-hydrogen) atoms. The van der Waals surface area contributed by atoms with Gasteiger partial charge in [0, 0.05) is 11.4 Å². The van der Waals surface area contributed by atoms with Crippen molar-refractivity contribution in [2.24, 2.45) is 0 Å². The van der Waals surface area contributed by atoms with E-state index in [2.05, 4.69) is 15.9 Å². The molecule has 0 heterocycles. The highest BCUT2D eigenvalue weighted by Gasteiger charge is 2.11. The van der Waals surface area contributed by atoms with Crippen molar-refractivity contribution in [1.82, 2.24) is 0 Å². The first-order chi connectivity index (χ1) is 7.69. The summed E-state index contributed by atoms with van der Waals surface area (Å²) < 4.78 is 5.03. The molecule has 0 atom stereocenters. The third kappa shape index (κ3) is 3.34. The zero-order chi connectivity index (χ0) is 12.0. The van der Waals surface area contributed by atoms with Crippen LogP contribution in [0, 0.1) is 10.1 Å². The van der Waals surface area contributed by atoms with E-state index >= 15 is 0 Å². The number of allylic oxidation sites excluding steroid dienone is 1. The van der Waals surface area contributed by atoms with E-state index in [1.807, 2.05) is 6.08 Å². The number of nitro groups is 1. The first-order valence-electron chi connectivity index (χ1n) is 4.74. The summed E-state index contributed by atoms with van der Waals surface area (Å²) >= 11 is 3.29. The van der Waals surface area contributed by atoms with Crippen LogP contribution in [0.25, 0.3) is 6.08 Å². The molecule has 86 valence electrons. The first kappa shape index (κ1) is 12.7. The topological polar surface area (TPSA) is 52.4 Å². The van der Waals surface area contributed by atoms with E-state index in [4.69, 9.17) is 4.74 Å². The maximum absolute atomic E-state index is 10.8. The summed E-state index contributed by atoms with van der Waals surface area (Å²) in [4.78, 5) is 10.4. The molecule has 0 aliphatic heterocycles. The predicted octanol–water partition coefficient (Wildman–Crippen LogP) is 3.40. The lowest BCUT2D eigenvalue weighted by atomic mass is 10.1. The average Bonchev–Trinajstić information content (AvgIpc) is 2.29. The molecule has 1 aromatic rings. The summed E-state index contributed by atoms with van der Waals surface area (Å²) in [5.41, 5.74) is 0.650. The zero-order valence-electron chi connectivity index (χ0n) is 8.85. The van der Waals surface area contributed by atoms with Crippen LogP contribution >= 0.6 is 15.9 Å². The third-order valence-corrected chi connectivity index (χ3v) is 2.46. The van der Waals surface area contributed by atoms with Crippen molar-refractivity contribution >= 4 is 27.7 Å². The van der Waals surface area contributed by atoms with Crippen molar-refractivity contribution in [3.8, 4) is 5.75 Å². The van der Waals surface area contributed by atoms with Gasteiger partial charge in [-0.25, -0.2) is 0 Å². The highest BCUT2D eigenvalue weighted by molar-refractivity contribution is 9.09. The van der Waals surface area contributed by atoms with Crippen LogP contribution in [-0.2, 0) is 0 Å². The van der Waals surface area contributed by atoms with Gasteiger partial charge in [-0.3, -0.25) is 10.1 Å². The molecule has 5 heteroatoms. The second-order valence-electron chi connectivity index (χ2n) is 3.06. The van der Waals surface area contributed by atoms with Crippen LogP contribution < -0.4 is 4.74 Å². The molecule has 0 N–H and O–H groups in total. The summed E-state index contributed by atoms with van der Waals surface area (Å²) in [6.45, 7) is 0. The molecule has 0 amide bonds. The number of nitrogens with zero attached hydrogens (tertiary/aromatic N) is 1. The second kappa shape index (κ2) is 6.27. The van der Waals surface area contributed by atoms with E-state index in [-0.39, 0.29) is 5.69 Å². The van der Waals surface area contributed by atoms with E-state index in [1.165, 1.54) is 13.2 Å². The number of ether oxygens (including phenoxy) is 1. The third-order valence-electron chi connectivity index (χ3n) is 2.00. The van der Waals surface area contributed by atoms with Gasteiger partial charge in [0.05, 0.1) is 17.6 Å². The summed E-state index contributed by atoms with van der Waals surface area (Å²) in [5.74, 6) is 0.615. The standard InChI is InChI=1S/C11H12BrNO3/c1-16-10-5-6-11(13(14)15)9(8-10)4-2-3-7-12/h2,4-6,8H,3,7H2,1H3. The predicted molar refractivity (Wildman–Crippen MR) is 67.1 cm³/mol. The molecule has 0 unspecified atom stereocenters. The van der Waals surface area contributed by atoms with Gasteiger partial charge < -0.3 is 4.74 Å². The van der Waals surface area contributed by atoms with E-state index in [0.717, 1.165) is 11.8 Å². The summed E-state index contributed by atoms with van der Waals surface area (Å²) in [7, 11) is 1.53. The lowest BCUT2D eigenvalue weighted by Crippen LogP contribution is -1.92. The van der Waals surface area contributed by atoms with Gasteiger partial charge in [-0.2, -0.15) is 0 Å². The quantitative estimate of drug-likeness (QED) is 0.473. The second-order valence-corrected chi connectivity index (χ2v) is 3.85. The highest BCUT2D eigenvalue weighted by atomic mass is 79.9. The van der Waals surface area contributed by atoms with Crippen molar-refractivity contribution in [2.75, 3.05) is 12.4 Å². The Bertz CT molecular complexity index is 404. The van der Waals surface area contributed by atoms with Gasteiger partial charge in [0.15, 0.2) is 0 Å². The van der Waals surface area contributed by atoms with Crippen LogP contribution in [-0.4, -0.2) is 17.4 Å². The molecule has 0 spiro atoms. The van der Waals surface area contributed by atoms with Crippen molar-refractivity contribution in [1.29, 1.82) is 0 Å². The normalized spacial score (nSPS) is 10.6. The Hall–Kier alpha value is -1.36. The Labute approximate surface area is 102 Å². The van der Waals surface area contributed by atoms with Gasteiger partial charge in [-0.05, 0) is 18.6 Å². The zero-order valence-corrected chi connectivity index (χ0v) is 10.4. The number of benzene rings is 1. The van der Waals surface area contributed by atoms with Crippen LogP contribution in [0.2, 0.25) is 0 Å². The largest absolute Gasteiger partial charge is 0.497 e. The lowest BCUT2D eigenvalue weighted by molar-refractivity contribution is -0.385. The molecular formula is C11H12BrNO3. The molecular weight excluding hydrogens is 274 g/mol. The minimum atomic E-state index is -0.396. The molecule has 0 aliphatic rings. The van der Waals surface area contributed by atoms with Crippen LogP contribution in [0.3, 0.4) is 0 Å². The van der Waals surface area contributed by atoms with Crippen molar-refractivity contribution in [3.05, 3.63) is 40.0 Å². The van der Waals surface area contributed by atoms with Crippen molar-refractivity contribution in [2.45, 2.75) is 6.42 Å². The van der Waals surface area contributed by atoms with Crippen LogP contribution in [0.1, 0.15) is 12.0 Å². The fourth-order valence-corrected chi connectivity index (χ4v) is 1.50. The molecule has 4 nitrogen and oxygen atoms in total. The fraction of sp³-hybridized carbons (Fsp3) is 0.273. The molecule has 0 fully saturated rings. The maximum Gasteiger partial charge on any atom is 0.276 e. The molecule has 0 saturated carbocycles. The highest BCUT2D eigenvalue weighted by Crippen LogP contribution is 2.25. The Morgan fingerprint density at radius 3 is 2.88 bits per heavy atom. The van der Waals surface area contributed by atoms with E-state index in [0.29, 0.717) is 11.3 Å². The smallest absolute Gasteiger partial charge is 0.276 e. The maximum atomic E-state index is 10.8. The van der Waals surface area contributed by atoms with Gasteiger partial charge >= 0.3 is 0 Å². The number of rotatable bonds is 5. The molecule has 0 aliphatic carbocycles. The van der Waals surface area contributed by atoms with Crippen LogP contribution in [0.5, 0.6) is 5.75 Å². The molecule has 1 rings (SSSR count).